The minimum atomic E-state index is -0.513. The number of aliphatic hydroxyl groups excluding tert-OH is 1. The standard InChI is InChI=1S/C19H21NO3/c21-16(9-6-14-4-2-1-3-5-14)13-23-17-10-7-15-8-11-19(22)20-18(15)12-17/h1-5,7,10,12,16,21H,6,8-9,11,13H2,(H,20,22). The van der Waals surface area contributed by atoms with Gasteiger partial charge in [0.2, 0.25) is 5.91 Å². The summed E-state index contributed by atoms with van der Waals surface area (Å²) in [4.78, 5) is 11.4. The smallest absolute Gasteiger partial charge is 0.224 e. The molecule has 0 aromatic heterocycles. The molecule has 2 aromatic carbocycles. The van der Waals surface area contributed by atoms with E-state index in [2.05, 4.69) is 17.4 Å². The zero-order valence-electron chi connectivity index (χ0n) is 13.0. The van der Waals surface area contributed by atoms with Gasteiger partial charge in [0, 0.05) is 18.2 Å². The Morgan fingerprint density at radius 3 is 2.78 bits per heavy atom. The number of amides is 1. The largest absolute Gasteiger partial charge is 0.491 e. The first-order chi connectivity index (χ1) is 11.2. The lowest BCUT2D eigenvalue weighted by Gasteiger charge is -2.18. The highest BCUT2D eigenvalue weighted by Crippen LogP contribution is 2.27. The number of aliphatic hydroxyl groups is 1. The number of fused-ring (bicyclic) bond motifs is 1. The first kappa shape index (κ1) is 15.6. The van der Waals surface area contributed by atoms with E-state index in [4.69, 9.17) is 4.74 Å². The van der Waals surface area contributed by atoms with Crippen LogP contribution in [0.4, 0.5) is 5.69 Å². The Morgan fingerprint density at radius 2 is 1.96 bits per heavy atom. The van der Waals surface area contributed by atoms with Crippen molar-refractivity contribution in [3.63, 3.8) is 0 Å². The Kier molecular flexibility index (Phi) is 4.93. The van der Waals surface area contributed by atoms with E-state index in [1.165, 1.54) is 5.56 Å². The number of ether oxygens (including phenoxy) is 1. The summed E-state index contributed by atoms with van der Waals surface area (Å²) in [6, 6.07) is 15.8. The predicted molar refractivity (Wildman–Crippen MR) is 89.7 cm³/mol. The van der Waals surface area contributed by atoms with E-state index in [9.17, 15) is 9.90 Å². The van der Waals surface area contributed by atoms with Crippen molar-refractivity contribution >= 4 is 11.6 Å². The SMILES string of the molecule is O=C1CCc2ccc(OCC(O)CCc3ccccc3)cc2N1. The molecular weight excluding hydrogens is 290 g/mol. The second-order valence-corrected chi connectivity index (χ2v) is 5.86. The quantitative estimate of drug-likeness (QED) is 0.862. The summed E-state index contributed by atoms with van der Waals surface area (Å²) >= 11 is 0. The molecule has 3 rings (SSSR count). The third kappa shape index (κ3) is 4.33. The molecule has 1 unspecified atom stereocenters. The molecular formula is C19H21NO3. The number of aryl methyl sites for hydroxylation is 2. The molecule has 1 atom stereocenters. The molecule has 0 radical (unpaired) electrons. The number of carbonyl (C=O) groups excluding carboxylic acids is 1. The molecule has 0 aliphatic carbocycles. The molecule has 1 amide bonds. The third-order valence-corrected chi connectivity index (χ3v) is 4.03. The molecule has 0 spiro atoms. The molecule has 2 N–H and O–H groups in total. The van der Waals surface area contributed by atoms with Gasteiger partial charge in [0.05, 0.1) is 6.10 Å². The minimum Gasteiger partial charge on any atom is -0.491 e. The van der Waals surface area contributed by atoms with Gasteiger partial charge in [0.15, 0.2) is 0 Å². The van der Waals surface area contributed by atoms with Gasteiger partial charge in [-0.05, 0) is 36.5 Å². The zero-order chi connectivity index (χ0) is 16.1. The van der Waals surface area contributed by atoms with E-state index in [0.29, 0.717) is 18.6 Å². The zero-order valence-corrected chi connectivity index (χ0v) is 13.0. The maximum absolute atomic E-state index is 11.4. The Balaban J connectivity index is 1.50. The van der Waals surface area contributed by atoms with Crippen LogP contribution in [-0.2, 0) is 17.6 Å². The molecule has 0 bridgehead atoms. The lowest BCUT2D eigenvalue weighted by Crippen LogP contribution is -2.20. The van der Waals surface area contributed by atoms with Crippen LogP contribution in [0.2, 0.25) is 0 Å². The van der Waals surface area contributed by atoms with Crippen LogP contribution < -0.4 is 10.1 Å². The van der Waals surface area contributed by atoms with E-state index in [1.807, 2.05) is 36.4 Å². The van der Waals surface area contributed by atoms with Crippen molar-refractivity contribution in [1.29, 1.82) is 0 Å². The first-order valence-corrected chi connectivity index (χ1v) is 7.98. The van der Waals surface area contributed by atoms with Crippen LogP contribution in [-0.4, -0.2) is 23.7 Å². The van der Waals surface area contributed by atoms with E-state index in [0.717, 1.165) is 24.1 Å². The summed E-state index contributed by atoms with van der Waals surface area (Å²) in [5.74, 6) is 0.710. The number of anilines is 1. The van der Waals surface area contributed by atoms with Crippen molar-refractivity contribution in [2.24, 2.45) is 0 Å². The summed E-state index contributed by atoms with van der Waals surface area (Å²) in [5, 5.41) is 12.9. The molecule has 0 fully saturated rings. The monoisotopic (exact) mass is 311 g/mol. The van der Waals surface area contributed by atoms with Gasteiger partial charge in [-0.25, -0.2) is 0 Å². The van der Waals surface area contributed by atoms with Crippen molar-refractivity contribution < 1.29 is 14.6 Å². The van der Waals surface area contributed by atoms with Crippen LogP contribution in [0.15, 0.2) is 48.5 Å². The Hall–Kier alpha value is -2.33. The lowest BCUT2D eigenvalue weighted by molar-refractivity contribution is -0.116. The number of hydrogen-bond donors (Lipinski definition) is 2. The van der Waals surface area contributed by atoms with Crippen LogP contribution >= 0.6 is 0 Å². The highest BCUT2D eigenvalue weighted by Gasteiger charge is 2.15. The maximum atomic E-state index is 11.4. The van der Waals surface area contributed by atoms with Crippen molar-refractivity contribution in [2.45, 2.75) is 31.8 Å². The van der Waals surface area contributed by atoms with Crippen molar-refractivity contribution in [3.05, 3.63) is 59.7 Å². The van der Waals surface area contributed by atoms with E-state index in [-0.39, 0.29) is 12.5 Å². The van der Waals surface area contributed by atoms with Crippen molar-refractivity contribution in [3.8, 4) is 5.75 Å². The summed E-state index contributed by atoms with van der Waals surface area (Å²) in [6.45, 7) is 0.250. The van der Waals surface area contributed by atoms with Gasteiger partial charge < -0.3 is 15.2 Å². The van der Waals surface area contributed by atoms with Crippen LogP contribution in [0, 0.1) is 0 Å². The fraction of sp³-hybridized carbons (Fsp3) is 0.316. The van der Waals surface area contributed by atoms with Crippen molar-refractivity contribution in [1.82, 2.24) is 0 Å². The van der Waals surface area contributed by atoms with Gasteiger partial charge >= 0.3 is 0 Å². The summed E-state index contributed by atoms with van der Waals surface area (Å²) in [6.07, 6.45) is 2.27. The number of benzene rings is 2. The van der Waals surface area contributed by atoms with E-state index < -0.39 is 6.10 Å². The average molecular weight is 311 g/mol. The molecule has 120 valence electrons. The second-order valence-electron chi connectivity index (χ2n) is 5.86. The van der Waals surface area contributed by atoms with Crippen LogP contribution in [0.5, 0.6) is 5.75 Å². The molecule has 1 heterocycles. The molecule has 0 saturated heterocycles. The second kappa shape index (κ2) is 7.29. The summed E-state index contributed by atoms with van der Waals surface area (Å²) in [5.41, 5.74) is 3.15. The van der Waals surface area contributed by atoms with Gasteiger partial charge in [0.1, 0.15) is 12.4 Å². The van der Waals surface area contributed by atoms with Gasteiger partial charge in [-0.2, -0.15) is 0 Å². The normalized spacial score (nSPS) is 14.7. The fourth-order valence-corrected chi connectivity index (χ4v) is 2.69. The first-order valence-electron chi connectivity index (χ1n) is 7.98. The molecule has 4 nitrogen and oxygen atoms in total. The average Bonchev–Trinajstić information content (AvgIpc) is 2.58. The number of rotatable bonds is 6. The van der Waals surface area contributed by atoms with Crippen LogP contribution in [0.25, 0.3) is 0 Å². The number of hydrogen-bond acceptors (Lipinski definition) is 3. The van der Waals surface area contributed by atoms with Gasteiger partial charge in [0.25, 0.3) is 0 Å². The van der Waals surface area contributed by atoms with Gasteiger partial charge in [-0.15, -0.1) is 0 Å². The molecule has 2 aromatic rings. The van der Waals surface area contributed by atoms with Crippen LogP contribution in [0.1, 0.15) is 24.0 Å². The molecule has 1 aliphatic rings. The summed E-state index contributed by atoms with van der Waals surface area (Å²) in [7, 11) is 0. The Morgan fingerprint density at radius 1 is 1.13 bits per heavy atom. The topological polar surface area (TPSA) is 58.6 Å². The molecule has 4 heteroatoms. The van der Waals surface area contributed by atoms with E-state index in [1.54, 1.807) is 0 Å². The number of carbonyl (C=O) groups is 1. The lowest BCUT2D eigenvalue weighted by atomic mass is 10.0. The highest BCUT2D eigenvalue weighted by atomic mass is 16.5. The molecule has 0 saturated carbocycles. The summed E-state index contributed by atoms with van der Waals surface area (Å²) < 4.78 is 5.66. The van der Waals surface area contributed by atoms with Crippen molar-refractivity contribution in [2.75, 3.05) is 11.9 Å². The van der Waals surface area contributed by atoms with Gasteiger partial charge in [-0.1, -0.05) is 36.4 Å². The molecule has 23 heavy (non-hydrogen) atoms. The third-order valence-electron chi connectivity index (χ3n) is 4.03. The fourth-order valence-electron chi connectivity index (χ4n) is 2.69. The van der Waals surface area contributed by atoms with E-state index >= 15 is 0 Å². The minimum absolute atomic E-state index is 0.0394. The maximum Gasteiger partial charge on any atom is 0.224 e. The molecule has 1 aliphatic heterocycles. The number of nitrogens with one attached hydrogen (secondary N) is 1. The Bertz CT molecular complexity index is 670. The highest BCUT2D eigenvalue weighted by molar-refractivity contribution is 5.94. The predicted octanol–water partition coefficient (Wildman–Crippen LogP) is 2.94. The Labute approximate surface area is 136 Å². The van der Waals surface area contributed by atoms with Gasteiger partial charge in [-0.3, -0.25) is 4.79 Å². The van der Waals surface area contributed by atoms with Crippen LogP contribution in [0.3, 0.4) is 0 Å².